The van der Waals surface area contributed by atoms with Gasteiger partial charge < -0.3 is 14.7 Å². The molecule has 2 rings (SSSR count). The lowest BCUT2D eigenvalue weighted by molar-refractivity contribution is 0.0686. The molecule has 0 aliphatic carbocycles. The molecular weight excluding hydrogens is 253 g/mol. The molecule has 5 nitrogen and oxygen atoms in total. The highest BCUT2D eigenvalue weighted by Crippen LogP contribution is 2.32. The zero-order valence-corrected chi connectivity index (χ0v) is 8.90. The predicted octanol–water partition coefficient (Wildman–Crippen LogP) is 2.54. The molecule has 0 aliphatic rings. The molecule has 0 radical (unpaired) electrons. The van der Waals surface area contributed by atoms with Crippen molar-refractivity contribution in [2.75, 3.05) is 0 Å². The number of phenols is 1. The van der Waals surface area contributed by atoms with Gasteiger partial charge in [0.05, 0.1) is 10.6 Å². The summed E-state index contributed by atoms with van der Waals surface area (Å²) in [5, 5.41) is 20.9. The Balaban J connectivity index is 2.52. The van der Waals surface area contributed by atoms with E-state index in [-0.39, 0.29) is 22.0 Å². The lowest BCUT2D eigenvalue weighted by atomic mass is 10.1. The van der Waals surface area contributed by atoms with Gasteiger partial charge >= 0.3 is 5.97 Å². The molecule has 1 heterocycles. The third-order valence-corrected chi connectivity index (χ3v) is 2.33. The van der Waals surface area contributed by atoms with Crippen molar-refractivity contribution in [1.82, 2.24) is 5.16 Å². The molecule has 1 aromatic heterocycles. The number of rotatable bonds is 2. The van der Waals surface area contributed by atoms with Gasteiger partial charge in [-0.05, 0) is 6.07 Å². The highest BCUT2D eigenvalue weighted by molar-refractivity contribution is 6.32. The third-order valence-electron chi connectivity index (χ3n) is 2.03. The van der Waals surface area contributed by atoms with Gasteiger partial charge in [-0.15, -0.1) is 0 Å². The Bertz CT molecular complexity index is 596. The minimum atomic E-state index is -1.29. The number of aromatic hydroxyl groups is 1. The standard InChI is InChI=1S/C10H5ClFNO4/c11-5-1-4(6(12)2-8(5)14)9-3-7(10(15)16)13-17-9/h1-3,14H,(H,15,16). The maximum Gasteiger partial charge on any atom is 0.358 e. The van der Waals surface area contributed by atoms with E-state index >= 15 is 0 Å². The minimum absolute atomic E-state index is 0.0744. The van der Waals surface area contributed by atoms with E-state index in [0.29, 0.717) is 0 Å². The van der Waals surface area contributed by atoms with Crippen LogP contribution in [0.1, 0.15) is 10.5 Å². The number of carbonyl (C=O) groups is 1. The topological polar surface area (TPSA) is 83.6 Å². The minimum Gasteiger partial charge on any atom is -0.506 e. The molecule has 0 unspecified atom stereocenters. The van der Waals surface area contributed by atoms with Crippen LogP contribution in [0.15, 0.2) is 22.7 Å². The summed E-state index contributed by atoms with van der Waals surface area (Å²) in [4.78, 5) is 10.6. The first-order valence-corrected chi connectivity index (χ1v) is 4.75. The lowest BCUT2D eigenvalue weighted by Crippen LogP contribution is -1.94. The summed E-state index contributed by atoms with van der Waals surface area (Å²) in [6, 6.07) is 2.99. The second-order valence-corrected chi connectivity index (χ2v) is 3.57. The van der Waals surface area contributed by atoms with Gasteiger partial charge in [-0.25, -0.2) is 9.18 Å². The maximum atomic E-state index is 13.5. The van der Waals surface area contributed by atoms with Crippen LogP contribution < -0.4 is 0 Å². The number of hydrogen-bond acceptors (Lipinski definition) is 4. The molecule has 0 saturated carbocycles. The zero-order chi connectivity index (χ0) is 12.6. The van der Waals surface area contributed by atoms with Gasteiger partial charge in [0, 0.05) is 12.1 Å². The van der Waals surface area contributed by atoms with Gasteiger partial charge in [0.2, 0.25) is 0 Å². The van der Waals surface area contributed by atoms with Crippen molar-refractivity contribution in [2.24, 2.45) is 0 Å². The fourth-order valence-electron chi connectivity index (χ4n) is 1.23. The number of aromatic nitrogens is 1. The third kappa shape index (κ3) is 2.07. The van der Waals surface area contributed by atoms with Gasteiger partial charge in [-0.3, -0.25) is 0 Å². The summed E-state index contributed by atoms with van der Waals surface area (Å²) < 4.78 is 18.1. The van der Waals surface area contributed by atoms with Crippen LogP contribution in [-0.4, -0.2) is 21.3 Å². The Morgan fingerprint density at radius 1 is 1.41 bits per heavy atom. The monoisotopic (exact) mass is 257 g/mol. The summed E-state index contributed by atoms with van der Waals surface area (Å²) in [6.45, 7) is 0. The van der Waals surface area contributed by atoms with Crippen LogP contribution in [0.2, 0.25) is 5.02 Å². The highest BCUT2D eigenvalue weighted by Gasteiger charge is 2.17. The molecule has 88 valence electrons. The van der Waals surface area contributed by atoms with E-state index in [0.717, 1.165) is 18.2 Å². The Morgan fingerprint density at radius 3 is 2.71 bits per heavy atom. The van der Waals surface area contributed by atoms with Crippen molar-refractivity contribution >= 4 is 17.6 Å². The lowest BCUT2D eigenvalue weighted by Gasteiger charge is -2.01. The molecule has 0 saturated heterocycles. The number of benzene rings is 1. The average Bonchev–Trinajstić information content (AvgIpc) is 2.72. The molecule has 0 fully saturated rings. The summed E-state index contributed by atoms with van der Waals surface area (Å²) in [5.74, 6) is -2.57. The first-order chi connectivity index (χ1) is 7.99. The Labute approximate surface area is 99.0 Å². The van der Waals surface area contributed by atoms with Crippen LogP contribution in [0.25, 0.3) is 11.3 Å². The number of phenolic OH excluding ortho intramolecular Hbond substituents is 1. The van der Waals surface area contributed by atoms with Crippen LogP contribution in [0, 0.1) is 5.82 Å². The number of nitrogens with zero attached hydrogens (tertiary/aromatic N) is 1. The number of carboxylic acid groups (broad SMARTS) is 1. The number of carboxylic acids is 1. The molecule has 0 atom stereocenters. The van der Waals surface area contributed by atoms with Crippen molar-refractivity contribution in [3.05, 3.63) is 34.7 Å². The van der Waals surface area contributed by atoms with Gasteiger partial charge in [-0.1, -0.05) is 16.8 Å². The molecule has 0 amide bonds. The van der Waals surface area contributed by atoms with E-state index in [1.54, 1.807) is 0 Å². The normalized spacial score (nSPS) is 10.5. The molecule has 17 heavy (non-hydrogen) atoms. The molecule has 2 N–H and O–H groups in total. The van der Waals surface area contributed by atoms with Crippen LogP contribution in [0.3, 0.4) is 0 Å². The van der Waals surface area contributed by atoms with E-state index in [4.69, 9.17) is 21.8 Å². The number of halogens is 2. The largest absolute Gasteiger partial charge is 0.506 e. The zero-order valence-electron chi connectivity index (χ0n) is 8.15. The Morgan fingerprint density at radius 2 is 2.12 bits per heavy atom. The Hall–Kier alpha value is -2.08. The van der Waals surface area contributed by atoms with E-state index < -0.39 is 17.5 Å². The SMILES string of the molecule is O=C(O)c1cc(-c2cc(Cl)c(O)cc2F)on1. The fraction of sp³-hybridized carbons (Fsp3) is 0. The van der Waals surface area contributed by atoms with E-state index in [2.05, 4.69) is 9.68 Å². The fourth-order valence-corrected chi connectivity index (χ4v) is 1.39. The van der Waals surface area contributed by atoms with E-state index in [1.165, 1.54) is 0 Å². The van der Waals surface area contributed by atoms with Crippen molar-refractivity contribution in [1.29, 1.82) is 0 Å². The van der Waals surface area contributed by atoms with E-state index in [1.807, 2.05) is 0 Å². The van der Waals surface area contributed by atoms with Gasteiger partial charge in [0.15, 0.2) is 11.5 Å². The average molecular weight is 258 g/mol. The van der Waals surface area contributed by atoms with Crippen molar-refractivity contribution in [2.45, 2.75) is 0 Å². The molecule has 0 bridgehead atoms. The first kappa shape index (κ1) is 11.4. The first-order valence-electron chi connectivity index (χ1n) is 4.37. The van der Waals surface area contributed by atoms with Gasteiger partial charge in [-0.2, -0.15) is 0 Å². The number of aromatic carboxylic acids is 1. The number of hydrogen-bond donors (Lipinski definition) is 2. The Kier molecular flexibility index (Phi) is 2.72. The smallest absolute Gasteiger partial charge is 0.358 e. The van der Waals surface area contributed by atoms with E-state index in [9.17, 15) is 9.18 Å². The molecule has 2 aromatic rings. The highest BCUT2D eigenvalue weighted by atomic mass is 35.5. The van der Waals surface area contributed by atoms with Crippen molar-refractivity contribution in [3.63, 3.8) is 0 Å². The van der Waals surface area contributed by atoms with Crippen molar-refractivity contribution < 1.29 is 23.9 Å². The maximum absolute atomic E-state index is 13.5. The second kappa shape index (κ2) is 4.06. The molecule has 1 aromatic carbocycles. The van der Waals surface area contributed by atoms with Gasteiger partial charge in [0.25, 0.3) is 0 Å². The quantitative estimate of drug-likeness (QED) is 0.864. The summed E-state index contributed by atoms with van der Waals surface area (Å²) in [5.41, 5.74) is -0.420. The van der Waals surface area contributed by atoms with Gasteiger partial charge in [0.1, 0.15) is 11.6 Å². The summed E-state index contributed by atoms with van der Waals surface area (Å²) in [6.07, 6.45) is 0. The van der Waals surface area contributed by atoms with Crippen LogP contribution in [0.5, 0.6) is 5.75 Å². The van der Waals surface area contributed by atoms with Crippen LogP contribution in [0.4, 0.5) is 4.39 Å². The van der Waals surface area contributed by atoms with Crippen LogP contribution in [-0.2, 0) is 0 Å². The predicted molar refractivity (Wildman–Crippen MR) is 55.5 cm³/mol. The van der Waals surface area contributed by atoms with Crippen molar-refractivity contribution in [3.8, 4) is 17.1 Å². The van der Waals surface area contributed by atoms with Crippen LogP contribution >= 0.6 is 11.6 Å². The molecule has 0 spiro atoms. The summed E-state index contributed by atoms with van der Waals surface area (Å²) >= 11 is 5.61. The molecule has 0 aliphatic heterocycles. The molecule has 7 heteroatoms. The molecular formula is C10H5ClFNO4. The summed E-state index contributed by atoms with van der Waals surface area (Å²) in [7, 11) is 0. The second-order valence-electron chi connectivity index (χ2n) is 3.17.